The summed E-state index contributed by atoms with van der Waals surface area (Å²) < 4.78 is 13.5. The Morgan fingerprint density at radius 3 is 2.72 bits per heavy atom. The zero-order valence-electron chi connectivity index (χ0n) is 9.30. The summed E-state index contributed by atoms with van der Waals surface area (Å²) >= 11 is 0. The van der Waals surface area contributed by atoms with Gasteiger partial charge in [-0.25, -0.2) is 9.18 Å². The third-order valence-electron chi connectivity index (χ3n) is 2.17. The lowest BCUT2D eigenvalue weighted by Crippen LogP contribution is -2.04. The molecule has 0 saturated heterocycles. The van der Waals surface area contributed by atoms with Crippen molar-refractivity contribution in [2.75, 3.05) is 6.54 Å². The molecule has 3 N–H and O–H groups in total. The van der Waals surface area contributed by atoms with Gasteiger partial charge in [0.05, 0.1) is 4.92 Å². The van der Waals surface area contributed by atoms with Crippen LogP contribution in [0, 0.1) is 15.9 Å². The van der Waals surface area contributed by atoms with E-state index in [2.05, 4.69) is 0 Å². The van der Waals surface area contributed by atoms with E-state index in [0.717, 1.165) is 6.07 Å². The molecular formula is C11H11FN2O4. The molecule has 0 saturated carbocycles. The van der Waals surface area contributed by atoms with Gasteiger partial charge in [-0.3, -0.25) is 10.1 Å². The lowest BCUT2D eigenvalue weighted by molar-refractivity contribution is -0.385. The molecule has 6 nitrogen and oxygen atoms in total. The fourth-order valence-corrected chi connectivity index (χ4v) is 1.33. The number of nitro benzene ring substituents is 1. The molecule has 0 radical (unpaired) electrons. The Morgan fingerprint density at radius 1 is 1.56 bits per heavy atom. The average Bonchev–Trinajstić information content (AvgIpc) is 2.30. The first-order valence-electron chi connectivity index (χ1n) is 5.05. The maximum atomic E-state index is 13.5. The van der Waals surface area contributed by atoms with Crippen molar-refractivity contribution < 1.29 is 19.2 Å². The summed E-state index contributed by atoms with van der Waals surface area (Å²) in [4.78, 5) is 20.6. The van der Waals surface area contributed by atoms with Gasteiger partial charge in [0, 0.05) is 11.6 Å². The molecule has 18 heavy (non-hydrogen) atoms. The van der Waals surface area contributed by atoms with Gasteiger partial charge in [0.2, 0.25) is 0 Å². The number of hydrogen-bond donors (Lipinski definition) is 2. The molecule has 0 spiro atoms. The highest BCUT2D eigenvalue weighted by Crippen LogP contribution is 2.24. The third kappa shape index (κ3) is 3.11. The van der Waals surface area contributed by atoms with Gasteiger partial charge in [0.15, 0.2) is 0 Å². The smallest absolute Gasteiger partial charge is 0.342 e. The Kier molecular flexibility index (Phi) is 4.50. The molecule has 1 aromatic rings. The van der Waals surface area contributed by atoms with E-state index in [1.807, 2.05) is 0 Å². The van der Waals surface area contributed by atoms with E-state index in [1.165, 1.54) is 6.08 Å². The molecule has 0 bridgehead atoms. The predicted molar refractivity (Wildman–Crippen MR) is 62.7 cm³/mol. The zero-order valence-corrected chi connectivity index (χ0v) is 9.30. The normalized spacial score (nSPS) is 10.8. The number of carboxylic acids is 1. The highest BCUT2D eigenvalue weighted by Gasteiger charge is 2.22. The van der Waals surface area contributed by atoms with Crippen LogP contribution in [0.5, 0.6) is 0 Å². The van der Waals surface area contributed by atoms with Gasteiger partial charge < -0.3 is 10.8 Å². The molecule has 1 aromatic carbocycles. The van der Waals surface area contributed by atoms with Crippen LogP contribution in [0.25, 0.3) is 6.08 Å². The minimum Gasteiger partial charge on any atom is -0.477 e. The summed E-state index contributed by atoms with van der Waals surface area (Å²) in [6.45, 7) is 0.368. The Labute approximate surface area is 102 Å². The Morgan fingerprint density at radius 2 is 2.22 bits per heavy atom. The number of halogens is 1. The molecule has 0 unspecified atom stereocenters. The summed E-state index contributed by atoms with van der Waals surface area (Å²) in [6, 6.07) is 1.54. The van der Waals surface area contributed by atoms with Crippen LogP contribution in [0.15, 0.2) is 18.2 Å². The van der Waals surface area contributed by atoms with Gasteiger partial charge in [0.1, 0.15) is 11.4 Å². The van der Waals surface area contributed by atoms with Crippen LogP contribution in [0.1, 0.15) is 22.3 Å². The second kappa shape index (κ2) is 5.87. The Balaban J connectivity index is 3.27. The van der Waals surface area contributed by atoms with Crippen LogP contribution < -0.4 is 5.73 Å². The molecule has 7 heteroatoms. The molecular weight excluding hydrogens is 243 g/mol. The number of nitro groups is 1. The fourth-order valence-electron chi connectivity index (χ4n) is 1.33. The van der Waals surface area contributed by atoms with Crippen molar-refractivity contribution in [3.05, 3.63) is 45.3 Å². The van der Waals surface area contributed by atoms with Crippen molar-refractivity contribution >= 4 is 17.7 Å². The molecule has 0 amide bonds. The van der Waals surface area contributed by atoms with E-state index in [1.54, 1.807) is 6.08 Å². The molecule has 0 fully saturated rings. The third-order valence-corrected chi connectivity index (χ3v) is 2.17. The topological polar surface area (TPSA) is 106 Å². The van der Waals surface area contributed by atoms with Gasteiger partial charge in [-0.05, 0) is 19.0 Å². The maximum Gasteiger partial charge on any atom is 0.342 e. The van der Waals surface area contributed by atoms with Crippen LogP contribution >= 0.6 is 0 Å². The summed E-state index contributed by atoms with van der Waals surface area (Å²) in [5.41, 5.74) is 3.89. The molecule has 0 aliphatic rings. The Bertz CT molecular complexity index is 514. The van der Waals surface area contributed by atoms with E-state index in [0.29, 0.717) is 19.0 Å². The maximum absolute atomic E-state index is 13.5. The number of carbonyl (C=O) groups is 1. The lowest BCUT2D eigenvalue weighted by Gasteiger charge is -2.01. The highest BCUT2D eigenvalue weighted by atomic mass is 19.1. The van der Waals surface area contributed by atoms with E-state index in [9.17, 15) is 19.3 Å². The standard InChI is InChI=1S/C11H11FN2O4/c12-9-6-8(11(15)16)10(14(17)18)5-7(9)3-1-2-4-13/h1,3,5-6H,2,4,13H2,(H,15,16). The molecule has 0 aliphatic carbocycles. The van der Waals surface area contributed by atoms with E-state index >= 15 is 0 Å². The second-order valence-corrected chi connectivity index (χ2v) is 3.43. The minimum absolute atomic E-state index is 0.0415. The number of carboxylic acid groups (broad SMARTS) is 1. The summed E-state index contributed by atoms with van der Waals surface area (Å²) in [7, 11) is 0. The van der Waals surface area contributed by atoms with Gasteiger partial charge in [-0.2, -0.15) is 0 Å². The first-order valence-corrected chi connectivity index (χ1v) is 5.05. The van der Waals surface area contributed by atoms with Crippen molar-refractivity contribution in [3.63, 3.8) is 0 Å². The Hall–Kier alpha value is -2.28. The molecule has 96 valence electrons. The van der Waals surface area contributed by atoms with Gasteiger partial charge in [0.25, 0.3) is 5.69 Å². The van der Waals surface area contributed by atoms with Crippen LogP contribution in [0.3, 0.4) is 0 Å². The van der Waals surface area contributed by atoms with E-state index < -0.39 is 28.0 Å². The zero-order chi connectivity index (χ0) is 13.7. The fraction of sp³-hybridized carbons (Fsp3) is 0.182. The van der Waals surface area contributed by atoms with Gasteiger partial charge in [-0.15, -0.1) is 0 Å². The largest absolute Gasteiger partial charge is 0.477 e. The monoisotopic (exact) mass is 254 g/mol. The molecule has 0 heterocycles. The van der Waals surface area contributed by atoms with Crippen molar-refractivity contribution in [1.82, 2.24) is 0 Å². The molecule has 0 atom stereocenters. The quantitative estimate of drug-likeness (QED) is 0.615. The predicted octanol–water partition coefficient (Wildman–Crippen LogP) is 1.79. The first kappa shape index (κ1) is 13.8. The molecule has 0 aliphatic heterocycles. The molecule has 0 aromatic heterocycles. The summed E-state index contributed by atoms with van der Waals surface area (Å²) in [5.74, 6) is -2.37. The van der Waals surface area contributed by atoms with Gasteiger partial charge >= 0.3 is 5.97 Å². The molecule has 1 rings (SSSR count). The SMILES string of the molecule is NCCC=Cc1cc([N+](=O)[O-])c(C(=O)O)cc1F. The minimum atomic E-state index is -1.54. The summed E-state index contributed by atoms with van der Waals surface area (Å²) in [6.07, 6.45) is 3.39. The average molecular weight is 254 g/mol. The van der Waals surface area contributed by atoms with Crippen molar-refractivity contribution in [2.45, 2.75) is 6.42 Å². The number of benzene rings is 1. The van der Waals surface area contributed by atoms with Crippen LogP contribution in [-0.2, 0) is 0 Å². The number of aromatic carboxylic acids is 1. The summed E-state index contributed by atoms with van der Waals surface area (Å²) in [5, 5.41) is 19.4. The number of nitrogens with zero attached hydrogens (tertiary/aromatic N) is 1. The van der Waals surface area contributed by atoms with Crippen LogP contribution in [-0.4, -0.2) is 22.5 Å². The number of rotatable bonds is 5. The number of nitrogens with two attached hydrogens (primary N) is 1. The van der Waals surface area contributed by atoms with E-state index in [4.69, 9.17) is 10.8 Å². The lowest BCUT2D eigenvalue weighted by atomic mass is 10.1. The van der Waals surface area contributed by atoms with Gasteiger partial charge in [-0.1, -0.05) is 12.2 Å². The highest BCUT2D eigenvalue weighted by molar-refractivity contribution is 5.92. The van der Waals surface area contributed by atoms with Crippen molar-refractivity contribution in [2.24, 2.45) is 5.73 Å². The van der Waals surface area contributed by atoms with Crippen molar-refractivity contribution in [1.29, 1.82) is 0 Å². The number of hydrogen-bond acceptors (Lipinski definition) is 4. The van der Waals surface area contributed by atoms with Crippen molar-refractivity contribution in [3.8, 4) is 0 Å². The van der Waals surface area contributed by atoms with Crippen LogP contribution in [0.2, 0.25) is 0 Å². The second-order valence-electron chi connectivity index (χ2n) is 3.43. The van der Waals surface area contributed by atoms with Crippen LogP contribution in [0.4, 0.5) is 10.1 Å². The first-order chi connectivity index (χ1) is 8.47. The van der Waals surface area contributed by atoms with E-state index in [-0.39, 0.29) is 5.56 Å².